The van der Waals surface area contributed by atoms with Gasteiger partial charge in [0.2, 0.25) is 0 Å². The molecule has 0 spiro atoms. The molecule has 1 heterocycles. The van der Waals surface area contributed by atoms with E-state index in [1.807, 2.05) is 0 Å². The predicted molar refractivity (Wildman–Crippen MR) is 77.2 cm³/mol. The largest absolute Gasteiger partial charge is 0.308 e. The average Bonchev–Trinajstić information content (AvgIpc) is 2.72. The molecule has 2 aromatic rings. The number of carbonyl (C=O) groups excluding carboxylic acids is 1. The Kier molecular flexibility index (Phi) is 2.89. The molecular formula is C15H14N2O3. The van der Waals surface area contributed by atoms with Crippen molar-refractivity contribution in [3.63, 3.8) is 0 Å². The maximum Gasteiger partial charge on any atom is 0.277 e. The fourth-order valence-corrected chi connectivity index (χ4v) is 2.73. The molecular weight excluding hydrogens is 256 g/mol. The van der Waals surface area contributed by atoms with Gasteiger partial charge < -0.3 is 4.90 Å². The normalized spacial score (nSPS) is 13.2. The first-order chi connectivity index (χ1) is 9.65. The van der Waals surface area contributed by atoms with E-state index in [9.17, 15) is 14.9 Å². The first kappa shape index (κ1) is 12.6. The van der Waals surface area contributed by atoms with E-state index < -0.39 is 4.92 Å². The molecule has 1 amide bonds. The highest BCUT2D eigenvalue weighted by Gasteiger charge is 2.31. The van der Waals surface area contributed by atoms with Crippen LogP contribution in [0.4, 0.5) is 11.4 Å². The van der Waals surface area contributed by atoms with E-state index in [-0.39, 0.29) is 11.6 Å². The molecule has 0 N–H and O–H groups in total. The number of benzene rings is 2. The number of non-ortho nitro benzene ring substituents is 1. The third-order valence-electron chi connectivity index (χ3n) is 3.69. The lowest BCUT2D eigenvalue weighted by Gasteiger charge is -2.16. The van der Waals surface area contributed by atoms with Crippen LogP contribution in [0.5, 0.6) is 0 Å². The molecule has 1 aliphatic heterocycles. The molecule has 1 aliphatic rings. The lowest BCUT2D eigenvalue weighted by atomic mass is 10.0. The number of anilines is 1. The molecule has 0 bridgehead atoms. The minimum absolute atomic E-state index is 0.0516. The first-order valence-electron chi connectivity index (χ1n) is 6.67. The average molecular weight is 270 g/mol. The minimum atomic E-state index is -0.401. The molecule has 5 heteroatoms. The van der Waals surface area contributed by atoms with Crippen molar-refractivity contribution < 1.29 is 9.72 Å². The number of amides is 1. The molecule has 102 valence electrons. The number of unbranched alkanes of at least 4 members (excludes halogenated alkanes) is 1. The van der Waals surface area contributed by atoms with Gasteiger partial charge in [0.05, 0.1) is 21.6 Å². The van der Waals surface area contributed by atoms with E-state index in [1.54, 1.807) is 29.2 Å². The van der Waals surface area contributed by atoms with Gasteiger partial charge in [-0.2, -0.15) is 0 Å². The molecule has 2 aromatic carbocycles. The Morgan fingerprint density at radius 3 is 2.75 bits per heavy atom. The summed E-state index contributed by atoms with van der Waals surface area (Å²) < 4.78 is 0. The molecule has 0 saturated heterocycles. The summed E-state index contributed by atoms with van der Waals surface area (Å²) in [6, 6.07) is 8.32. The summed E-state index contributed by atoms with van der Waals surface area (Å²) >= 11 is 0. The van der Waals surface area contributed by atoms with E-state index in [0.29, 0.717) is 22.9 Å². The van der Waals surface area contributed by atoms with Crippen molar-refractivity contribution in [1.82, 2.24) is 0 Å². The summed E-state index contributed by atoms with van der Waals surface area (Å²) in [6.45, 7) is 2.72. The fourth-order valence-electron chi connectivity index (χ4n) is 2.73. The van der Waals surface area contributed by atoms with E-state index in [1.165, 1.54) is 6.07 Å². The molecule has 0 fully saturated rings. The zero-order chi connectivity index (χ0) is 14.3. The van der Waals surface area contributed by atoms with Crippen LogP contribution in [-0.4, -0.2) is 17.4 Å². The second-order valence-corrected chi connectivity index (χ2v) is 4.90. The van der Waals surface area contributed by atoms with Crippen LogP contribution in [-0.2, 0) is 0 Å². The van der Waals surface area contributed by atoms with Gasteiger partial charge in [-0.05, 0) is 24.6 Å². The molecule has 0 atom stereocenters. The second-order valence-electron chi connectivity index (χ2n) is 4.90. The fraction of sp³-hybridized carbons (Fsp3) is 0.267. The van der Waals surface area contributed by atoms with Crippen LogP contribution < -0.4 is 4.90 Å². The van der Waals surface area contributed by atoms with Crippen molar-refractivity contribution in [3.05, 3.63) is 46.0 Å². The summed E-state index contributed by atoms with van der Waals surface area (Å²) in [5.41, 5.74) is 1.41. The smallest absolute Gasteiger partial charge is 0.277 e. The lowest BCUT2D eigenvalue weighted by Crippen LogP contribution is -2.27. The van der Waals surface area contributed by atoms with Gasteiger partial charge in [0.15, 0.2) is 0 Å². The van der Waals surface area contributed by atoms with Gasteiger partial charge >= 0.3 is 0 Å². The first-order valence-corrected chi connectivity index (χ1v) is 6.67. The predicted octanol–water partition coefficient (Wildman–Crippen LogP) is 3.51. The van der Waals surface area contributed by atoms with E-state index in [2.05, 4.69) is 6.92 Å². The van der Waals surface area contributed by atoms with E-state index in [0.717, 1.165) is 18.5 Å². The van der Waals surface area contributed by atoms with Crippen LogP contribution in [0.15, 0.2) is 30.3 Å². The molecule has 0 radical (unpaired) electrons. The summed E-state index contributed by atoms with van der Waals surface area (Å²) in [5.74, 6) is -0.0560. The molecule has 5 nitrogen and oxygen atoms in total. The van der Waals surface area contributed by atoms with Gasteiger partial charge in [-0.3, -0.25) is 14.9 Å². The van der Waals surface area contributed by atoms with Crippen LogP contribution in [0.25, 0.3) is 10.8 Å². The second kappa shape index (κ2) is 4.59. The maximum atomic E-state index is 12.4. The van der Waals surface area contributed by atoms with Crippen LogP contribution in [0.3, 0.4) is 0 Å². The van der Waals surface area contributed by atoms with Gasteiger partial charge in [0, 0.05) is 18.0 Å². The van der Waals surface area contributed by atoms with Crippen molar-refractivity contribution in [1.29, 1.82) is 0 Å². The number of nitro groups is 1. The van der Waals surface area contributed by atoms with Crippen molar-refractivity contribution in [2.24, 2.45) is 0 Å². The van der Waals surface area contributed by atoms with Gasteiger partial charge in [-0.1, -0.05) is 19.4 Å². The molecule has 3 rings (SSSR count). The van der Waals surface area contributed by atoms with Crippen molar-refractivity contribution in [2.75, 3.05) is 11.4 Å². The molecule has 0 aliphatic carbocycles. The van der Waals surface area contributed by atoms with Crippen molar-refractivity contribution in [2.45, 2.75) is 19.8 Å². The topological polar surface area (TPSA) is 63.5 Å². The number of hydrogen-bond acceptors (Lipinski definition) is 3. The summed E-state index contributed by atoms with van der Waals surface area (Å²) in [4.78, 5) is 24.8. The Labute approximate surface area is 116 Å². The van der Waals surface area contributed by atoms with Crippen LogP contribution in [0.1, 0.15) is 30.1 Å². The zero-order valence-electron chi connectivity index (χ0n) is 11.1. The number of nitro benzene ring substituents is 1. The molecule has 0 unspecified atom stereocenters. The Hall–Kier alpha value is -2.43. The monoisotopic (exact) mass is 270 g/mol. The number of hydrogen-bond donors (Lipinski definition) is 0. The summed E-state index contributed by atoms with van der Waals surface area (Å²) in [6.07, 6.45) is 1.91. The van der Waals surface area contributed by atoms with Crippen molar-refractivity contribution >= 4 is 28.1 Å². The lowest BCUT2D eigenvalue weighted by molar-refractivity contribution is -0.383. The van der Waals surface area contributed by atoms with E-state index >= 15 is 0 Å². The van der Waals surface area contributed by atoms with Crippen LogP contribution in [0.2, 0.25) is 0 Å². The minimum Gasteiger partial charge on any atom is -0.308 e. The van der Waals surface area contributed by atoms with Crippen LogP contribution >= 0.6 is 0 Å². The highest BCUT2D eigenvalue weighted by Crippen LogP contribution is 2.41. The van der Waals surface area contributed by atoms with Crippen molar-refractivity contribution in [3.8, 4) is 0 Å². The van der Waals surface area contributed by atoms with Gasteiger partial charge in [-0.15, -0.1) is 0 Å². The highest BCUT2D eigenvalue weighted by molar-refractivity contribution is 6.26. The summed E-state index contributed by atoms with van der Waals surface area (Å²) in [5, 5.41) is 12.4. The standard InChI is InChI=1S/C15H14N2O3/c1-2-3-9-16-13-8-7-12(17(19)20)10-5-4-6-11(14(10)13)15(16)18/h4-8H,2-3,9H2,1H3. The quantitative estimate of drug-likeness (QED) is 0.630. The number of carbonyl (C=O) groups is 1. The Bertz CT molecular complexity index is 724. The molecule has 0 aromatic heterocycles. The van der Waals surface area contributed by atoms with Gasteiger partial charge in [0.1, 0.15) is 0 Å². The zero-order valence-corrected chi connectivity index (χ0v) is 11.1. The van der Waals surface area contributed by atoms with Gasteiger partial charge in [0.25, 0.3) is 11.6 Å². The van der Waals surface area contributed by atoms with E-state index in [4.69, 9.17) is 0 Å². The molecule has 0 saturated carbocycles. The SMILES string of the molecule is CCCCN1C(=O)c2cccc3c([N+](=O)[O-])ccc1c23. The Morgan fingerprint density at radius 1 is 1.25 bits per heavy atom. The number of nitrogens with zero attached hydrogens (tertiary/aromatic N) is 2. The van der Waals surface area contributed by atoms with Crippen LogP contribution in [0, 0.1) is 10.1 Å². The third kappa shape index (κ3) is 1.66. The highest BCUT2D eigenvalue weighted by atomic mass is 16.6. The third-order valence-corrected chi connectivity index (χ3v) is 3.69. The number of rotatable bonds is 4. The Balaban J connectivity index is 2.23. The maximum absolute atomic E-state index is 12.4. The summed E-state index contributed by atoms with van der Waals surface area (Å²) in [7, 11) is 0. The molecule has 20 heavy (non-hydrogen) atoms. The van der Waals surface area contributed by atoms with Gasteiger partial charge in [-0.25, -0.2) is 0 Å². The Morgan fingerprint density at radius 2 is 2.05 bits per heavy atom.